The number of phenolic OH excluding ortho intramolecular Hbond substituents is 1. The summed E-state index contributed by atoms with van der Waals surface area (Å²) in [7, 11) is 1.49. The maximum Gasteiger partial charge on any atom is 0.188 e. The van der Waals surface area contributed by atoms with E-state index >= 15 is 0 Å². The van der Waals surface area contributed by atoms with Gasteiger partial charge >= 0.3 is 0 Å². The lowest BCUT2D eigenvalue weighted by atomic mass is 10.2. The quantitative estimate of drug-likeness (QED) is 0.677. The van der Waals surface area contributed by atoms with E-state index in [2.05, 4.69) is 31.9 Å². The molecule has 1 aromatic carbocycles. The summed E-state index contributed by atoms with van der Waals surface area (Å²) < 4.78 is 10.7. The molecule has 0 aliphatic carbocycles. The number of aldehydes is 1. The van der Waals surface area contributed by atoms with E-state index in [9.17, 15) is 9.90 Å². The fraction of sp³-hybridized carbons (Fsp3) is 0.222. The first-order valence-corrected chi connectivity index (χ1v) is 5.48. The highest BCUT2D eigenvalue weighted by atomic mass is 79.9. The molecule has 1 aromatic rings. The Morgan fingerprint density at radius 2 is 2.20 bits per heavy atom. The Morgan fingerprint density at radius 3 is 2.73 bits per heavy atom. The zero-order chi connectivity index (χ0) is 11.4. The molecule has 0 aliphatic rings. The largest absolute Gasteiger partial charge is 0.506 e. The number of halogens is 2. The van der Waals surface area contributed by atoms with Crippen LogP contribution in [0.3, 0.4) is 0 Å². The number of rotatable bonds is 4. The van der Waals surface area contributed by atoms with Crippen molar-refractivity contribution in [2.45, 2.75) is 0 Å². The van der Waals surface area contributed by atoms with Gasteiger partial charge in [0.05, 0.1) is 14.5 Å². The van der Waals surface area contributed by atoms with Gasteiger partial charge in [0.25, 0.3) is 0 Å². The summed E-state index contributed by atoms with van der Waals surface area (Å²) in [6.45, 7) is 0.0636. The van der Waals surface area contributed by atoms with Crippen LogP contribution in [-0.2, 0) is 4.74 Å². The Bertz CT molecular complexity index is 379. The van der Waals surface area contributed by atoms with Gasteiger partial charge in [-0.1, -0.05) is 0 Å². The molecular weight excluding hydrogens is 332 g/mol. The van der Waals surface area contributed by atoms with Crippen LogP contribution in [0.2, 0.25) is 0 Å². The van der Waals surface area contributed by atoms with E-state index in [0.29, 0.717) is 21.0 Å². The van der Waals surface area contributed by atoms with Crippen LogP contribution in [0, 0.1) is 0 Å². The summed E-state index contributed by atoms with van der Waals surface area (Å²) in [5.41, 5.74) is 0.135. The van der Waals surface area contributed by atoms with Gasteiger partial charge < -0.3 is 14.6 Å². The van der Waals surface area contributed by atoms with E-state index < -0.39 is 0 Å². The van der Waals surface area contributed by atoms with Gasteiger partial charge in [-0.25, -0.2) is 0 Å². The molecule has 0 saturated heterocycles. The zero-order valence-electron chi connectivity index (χ0n) is 7.79. The molecule has 6 heteroatoms. The van der Waals surface area contributed by atoms with Crippen LogP contribution >= 0.6 is 31.9 Å². The van der Waals surface area contributed by atoms with Gasteiger partial charge in [-0.05, 0) is 37.9 Å². The summed E-state index contributed by atoms with van der Waals surface area (Å²) in [4.78, 5) is 10.7. The first kappa shape index (κ1) is 12.5. The average molecular weight is 340 g/mol. The van der Waals surface area contributed by atoms with Gasteiger partial charge in [0.2, 0.25) is 0 Å². The summed E-state index contributed by atoms with van der Waals surface area (Å²) >= 11 is 6.28. The predicted octanol–water partition coefficient (Wildman–Crippen LogP) is 2.71. The van der Waals surface area contributed by atoms with Crippen LogP contribution in [0.5, 0.6) is 11.5 Å². The number of phenols is 1. The monoisotopic (exact) mass is 338 g/mol. The van der Waals surface area contributed by atoms with Crippen molar-refractivity contribution in [3.63, 3.8) is 0 Å². The first-order chi connectivity index (χ1) is 7.11. The predicted molar refractivity (Wildman–Crippen MR) is 61.4 cm³/mol. The smallest absolute Gasteiger partial charge is 0.188 e. The summed E-state index contributed by atoms with van der Waals surface area (Å²) in [5.74, 6) is 0.297. The average Bonchev–Trinajstić information content (AvgIpc) is 2.22. The van der Waals surface area contributed by atoms with E-state index in [1.807, 2.05) is 0 Å². The minimum Gasteiger partial charge on any atom is -0.506 e. The topological polar surface area (TPSA) is 55.8 Å². The lowest BCUT2D eigenvalue weighted by molar-refractivity contribution is 0.0504. The van der Waals surface area contributed by atoms with E-state index in [1.165, 1.54) is 7.11 Å². The third-order valence-corrected chi connectivity index (χ3v) is 3.06. The minimum atomic E-state index is -0.123. The van der Waals surface area contributed by atoms with E-state index in [-0.39, 0.29) is 18.1 Å². The number of carbonyl (C=O) groups is 1. The number of methoxy groups -OCH3 is 1. The number of aromatic hydroxyl groups is 1. The zero-order valence-corrected chi connectivity index (χ0v) is 11.0. The molecule has 0 bridgehead atoms. The normalized spacial score (nSPS) is 10.1. The third kappa shape index (κ3) is 2.70. The van der Waals surface area contributed by atoms with Crippen molar-refractivity contribution >= 4 is 38.1 Å². The molecule has 15 heavy (non-hydrogen) atoms. The van der Waals surface area contributed by atoms with Gasteiger partial charge in [-0.15, -0.1) is 0 Å². The van der Waals surface area contributed by atoms with E-state index in [1.54, 1.807) is 6.07 Å². The Hall–Kier alpha value is -0.590. The number of carbonyl (C=O) groups excluding carboxylic acids is 1. The third-order valence-electron chi connectivity index (χ3n) is 1.64. The molecule has 0 spiro atoms. The Labute approximate surface area is 103 Å². The number of benzene rings is 1. The van der Waals surface area contributed by atoms with E-state index in [4.69, 9.17) is 9.47 Å². The second-order valence-electron chi connectivity index (χ2n) is 2.60. The van der Waals surface area contributed by atoms with Crippen LogP contribution in [0.1, 0.15) is 10.4 Å². The van der Waals surface area contributed by atoms with Gasteiger partial charge in [0.1, 0.15) is 11.5 Å². The molecule has 0 fully saturated rings. The molecule has 0 atom stereocenters. The van der Waals surface area contributed by atoms with Crippen LogP contribution in [0.4, 0.5) is 0 Å². The van der Waals surface area contributed by atoms with Crippen molar-refractivity contribution < 1.29 is 19.4 Å². The number of ether oxygens (including phenoxy) is 2. The molecule has 1 rings (SSSR count). The Morgan fingerprint density at radius 1 is 1.53 bits per heavy atom. The molecule has 4 nitrogen and oxygen atoms in total. The highest BCUT2D eigenvalue weighted by Crippen LogP contribution is 2.39. The maximum absolute atomic E-state index is 10.7. The van der Waals surface area contributed by atoms with Crippen molar-refractivity contribution in [3.8, 4) is 11.5 Å². The minimum absolute atomic E-state index is 0.0636. The van der Waals surface area contributed by atoms with Crippen molar-refractivity contribution in [1.29, 1.82) is 0 Å². The highest BCUT2D eigenvalue weighted by Gasteiger charge is 2.15. The molecule has 0 aromatic heterocycles. The molecular formula is C9H8Br2O4. The highest BCUT2D eigenvalue weighted by molar-refractivity contribution is 9.11. The summed E-state index contributed by atoms with van der Waals surface area (Å²) in [6, 6.07) is 1.55. The van der Waals surface area contributed by atoms with Crippen LogP contribution < -0.4 is 4.74 Å². The Balaban J connectivity index is 3.18. The van der Waals surface area contributed by atoms with Gasteiger partial charge in [-0.3, -0.25) is 4.79 Å². The molecule has 0 unspecified atom stereocenters. The second-order valence-corrected chi connectivity index (χ2v) is 4.25. The molecule has 82 valence electrons. The molecule has 0 saturated carbocycles. The van der Waals surface area contributed by atoms with Crippen LogP contribution in [0.15, 0.2) is 15.0 Å². The molecule has 0 heterocycles. The van der Waals surface area contributed by atoms with Crippen molar-refractivity contribution in [2.24, 2.45) is 0 Å². The van der Waals surface area contributed by atoms with Crippen LogP contribution in [-0.4, -0.2) is 25.3 Å². The fourth-order valence-electron chi connectivity index (χ4n) is 0.947. The van der Waals surface area contributed by atoms with Crippen molar-refractivity contribution in [2.75, 3.05) is 13.9 Å². The SMILES string of the molecule is COCOc1cc(Br)c(O)c(C=O)c1Br. The van der Waals surface area contributed by atoms with Gasteiger partial charge in [-0.2, -0.15) is 0 Å². The van der Waals surface area contributed by atoms with Crippen molar-refractivity contribution in [1.82, 2.24) is 0 Å². The molecule has 0 aliphatic heterocycles. The summed E-state index contributed by atoms with van der Waals surface area (Å²) in [5, 5.41) is 9.53. The lowest BCUT2D eigenvalue weighted by Gasteiger charge is -2.10. The molecule has 1 N–H and O–H groups in total. The standard InChI is InChI=1S/C9H8Br2O4/c1-14-4-15-7-2-6(10)9(13)5(3-12)8(7)11/h2-3,13H,4H2,1H3. The molecule has 0 amide bonds. The first-order valence-electron chi connectivity index (χ1n) is 3.89. The lowest BCUT2D eigenvalue weighted by Crippen LogP contribution is -2.01. The van der Waals surface area contributed by atoms with Crippen molar-refractivity contribution in [3.05, 3.63) is 20.6 Å². The molecule has 0 radical (unpaired) electrons. The van der Waals surface area contributed by atoms with Gasteiger partial charge in [0, 0.05) is 7.11 Å². The van der Waals surface area contributed by atoms with Gasteiger partial charge in [0.15, 0.2) is 13.1 Å². The number of hydrogen-bond acceptors (Lipinski definition) is 4. The fourth-order valence-corrected chi connectivity index (χ4v) is 1.88. The van der Waals surface area contributed by atoms with Crippen LogP contribution in [0.25, 0.3) is 0 Å². The second kappa shape index (κ2) is 5.48. The van der Waals surface area contributed by atoms with E-state index in [0.717, 1.165) is 0 Å². The Kier molecular flexibility index (Phi) is 4.56. The number of hydrogen-bond donors (Lipinski definition) is 1. The maximum atomic E-state index is 10.7. The summed E-state index contributed by atoms with van der Waals surface area (Å²) in [6.07, 6.45) is 0.545.